The lowest BCUT2D eigenvalue weighted by Crippen LogP contribution is -2.35. The quantitative estimate of drug-likeness (QED) is 0.114. The van der Waals surface area contributed by atoms with Crippen molar-refractivity contribution in [2.75, 3.05) is 31.6 Å². The maximum absolute atomic E-state index is 15.0. The highest BCUT2D eigenvalue weighted by atomic mass is 19.2. The molecule has 0 aliphatic heterocycles. The van der Waals surface area contributed by atoms with Crippen LogP contribution in [-0.2, 0) is 16.0 Å². The number of carbonyl (C=O) groups is 3. The number of nitriles is 1. The van der Waals surface area contributed by atoms with E-state index in [0.717, 1.165) is 0 Å². The molecule has 2 aromatic heterocycles. The molecule has 4 rings (SSSR count). The normalized spacial score (nSPS) is 10.6. The summed E-state index contributed by atoms with van der Waals surface area (Å²) in [6.45, 7) is 2.39. The summed E-state index contributed by atoms with van der Waals surface area (Å²) in [5, 5.41) is 17.2. The van der Waals surface area contributed by atoms with Crippen LogP contribution < -0.4 is 31.2 Å². The Morgan fingerprint density at radius 2 is 1.93 bits per heavy atom. The molecule has 0 aliphatic rings. The van der Waals surface area contributed by atoms with Gasteiger partial charge < -0.3 is 31.2 Å². The van der Waals surface area contributed by atoms with Crippen LogP contribution in [0.2, 0.25) is 0 Å². The number of anilines is 2. The maximum Gasteiger partial charge on any atom is 0.298 e. The van der Waals surface area contributed by atoms with Crippen LogP contribution in [0.1, 0.15) is 35.7 Å². The first-order chi connectivity index (χ1) is 21.8. The summed E-state index contributed by atoms with van der Waals surface area (Å²) < 4.78 is 41.4. The molecule has 5 N–H and O–H groups in total. The van der Waals surface area contributed by atoms with Crippen molar-refractivity contribution in [3.05, 3.63) is 65.6 Å². The monoisotopic (exact) mass is 620 g/mol. The Morgan fingerprint density at radius 3 is 2.67 bits per heavy atom. The molecule has 4 aromatic rings. The topological polar surface area (TPSA) is 186 Å². The third-order valence-corrected chi connectivity index (χ3v) is 6.66. The third-order valence-electron chi connectivity index (χ3n) is 6.66. The molecule has 0 bridgehead atoms. The average Bonchev–Trinajstić information content (AvgIpc) is 3.48. The van der Waals surface area contributed by atoms with Crippen LogP contribution >= 0.6 is 0 Å². The van der Waals surface area contributed by atoms with Crippen molar-refractivity contribution in [2.45, 2.75) is 26.2 Å². The summed E-state index contributed by atoms with van der Waals surface area (Å²) >= 11 is 0. The molecule has 234 valence electrons. The summed E-state index contributed by atoms with van der Waals surface area (Å²) in [4.78, 5) is 44.9. The van der Waals surface area contributed by atoms with Gasteiger partial charge in [-0.25, -0.2) is 14.4 Å². The number of benzene rings is 2. The van der Waals surface area contributed by atoms with Crippen LogP contribution in [0.15, 0.2) is 42.9 Å². The predicted octanol–water partition coefficient (Wildman–Crippen LogP) is 3.00. The summed E-state index contributed by atoms with van der Waals surface area (Å²) in [5.41, 5.74) is 6.74. The highest BCUT2D eigenvalue weighted by Crippen LogP contribution is 2.36. The van der Waals surface area contributed by atoms with Gasteiger partial charge in [0.1, 0.15) is 6.07 Å². The van der Waals surface area contributed by atoms with Gasteiger partial charge in [0.2, 0.25) is 11.7 Å². The molecular weight excluding hydrogens is 590 g/mol. The Kier molecular flexibility index (Phi) is 10.9. The molecule has 0 saturated carbocycles. The van der Waals surface area contributed by atoms with E-state index in [-0.39, 0.29) is 59.5 Å². The van der Waals surface area contributed by atoms with E-state index in [1.165, 1.54) is 41.2 Å². The number of nitrogens with two attached hydrogens (primary N) is 1. The van der Waals surface area contributed by atoms with Crippen molar-refractivity contribution in [3.63, 3.8) is 0 Å². The van der Waals surface area contributed by atoms with E-state index in [1.54, 1.807) is 19.1 Å². The number of nitrogens with one attached hydrogen (secondary N) is 3. The molecule has 45 heavy (non-hydrogen) atoms. The molecule has 0 aliphatic carbocycles. The number of imidazole rings is 1. The first-order valence-electron chi connectivity index (χ1n) is 13.9. The van der Waals surface area contributed by atoms with Gasteiger partial charge in [-0.15, -0.1) is 0 Å². The molecule has 0 unspecified atom stereocenters. The Balaban J connectivity index is 1.59. The molecule has 0 fully saturated rings. The number of amides is 2. The number of rotatable bonds is 15. The van der Waals surface area contributed by atoms with Gasteiger partial charge in [0.05, 0.1) is 17.6 Å². The van der Waals surface area contributed by atoms with Gasteiger partial charge in [-0.05, 0) is 43.7 Å². The van der Waals surface area contributed by atoms with E-state index >= 15 is 4.39 Å². The van der Waals surface area contributed by atoms with Gasteiger partial charge in [-0.2, -0.15) is 9.65 Å². The first-order valence-corrected chi connectivity index (χ1v) is 13.9. The minimum absolute atomic E-state index is 0.0897. The lowest BCUT2D eigenvalue weighted by molar-refractivity contribution is -0.121. The number of nitrogens with zero attached hydrogens (tertiary/aromatic N) is 4. The smallest absolute Gasteiger partial charge is 0.298 e. The van der Waals surface area contributed by atoms with Crippen LogP contribution in [0, 0.1) is 23.0 Å². The zero-order chi connectivity index (χ0) is 32.3. The van der Waals surface area contributed by atoms with Gasteiger partial charge in [0.15, 0.2) is 35.4 Å². The van der Waals surface area contributed by atoms with Gasteiger partial charge in [-0.1, -0.05) is 6.92 Å². The zero-order valence-electron chi connectivity index (χ0n) is 24.2. The minimum Gasteiger partial charge on any atom is -0.476 e. The first kappa shape index (κ1) is 32.3. The Labute approximate surface area is 256 Å². The van der Waals surface area contributed by atoms with Crippen LogP contribution in [0.25, 0.3) is 16.9 Å². The second-order valence-corrected chi connectivity index (χ2v) is 9.46. The van der Waals surface area contributed by atoms with E-state index in [9.17, 15) is 18.8 Å². The second-order valence-electron chi connectivity index (χ2n) is 9.46. The average molecular weight is 621 g/mol. The highest BCUT2D eigenvalue weighted by molar-refractivity contribution is 5.98. The predicted molar refractivity (Wildman–Crippen MR) is 159 cm³/mol. The largest absolute Gasteiger partial charge is 0.476 e. The molecule has 2 amide bonds. The van der Waals surface area contributed by atoms with Crippen molar-refractivity contribution in [1.29, 1.82) is 5.26 Å². The van der Waals surface area contributed by atoms with E-state index in [2.05, 4.69) is 25.9 Å². The van der Waals surface area contributed by atoms with Crippen molar-refractivity contribution in [2.24, 2.45) is 5.73 Å². The fourth-order valence-corrected chi connectivity index (χ4v) is 4.58. The van der Waals surface area contributed by atoms with Crippen molar-refractivity contribution >= 4 is 35.4 Å². The van der Waals surface area contributed by atoms with E-state index < -0.39 is 29.9 Å². The third kappa shape index (κ3) is 7.31. The molecule has 2 aromatic carbocycles. The Morgan fingerprint density at radius 1 is 1.13 bits per heavy atom. The number of aromatic nitrogens is 3. The minimum atomic E-state index is -1.25. The summed E-state index contributed by atoms with van der Waals surface area (Å²) in [7, 11) is 0. The van der Waals surface area contributed by atoms with Gasteiger partial charge in [0.25, 0.3) is 12.4 Å². The standard InChI is InChI=1S/C30H30F2N8O5/c1-2-18-19(30(43)37-12-11-35-24(42)4-3-9-33)5-7-21(27(18)45-17-41)39-28-29-38-16-22(40(29)14-13-36-28)20-6-8-23(44-15-10-34)26(32)25(20)31/h5-8,13-14,16-17H,2-4,9,11-12,15,33H2,1H3,(H,35,42)(H,36,39)(H,37,43). The number of carbonyl (C=O) groups excluding carboxylic acids is 3. The Hall–Kier alpha value is -5.62. The summed E-state index contributed by atoms with van der Waals surface area (Å²) in [5.74, 6) is -3.13. The number of ether oxygens (including phenoxy) is 2. The summed E-state index contributed by atoms with van der Waals surface area (Å²) in [6, 6.07) is 7.32. The van der Waals surface area contributed by atoms with E-state index in [1.807, 2.05) is 0 Å². The zero-order valence-corrected chi connectivity index (χ0v) is 24.2. The van der Waals surface area contributed by atoms with Crippen LogP contribution in [-0.4, -0.2) is 58.9 Å². The number of hydrogen-bond donors (Lipinski definition) is 4. The van der Waals surface area contributed by atoms with Crippen molar-refractivity contribution in [1.82, 2.24) is 25.0 Å². The summed E-state index contributed by atoms with van der Waals surface area (Å²) in [6.07, 6.45) is 5.45. The van der Waals surface area contributed by atoms with Crippen LogP contribution in [0.3, 0.4) is 0 Å². The maximum atomic E-state index is 15.0. The van der Waals surface area contributed by atoms with Gasteiger partial charge >= 0.3 is 0 Å². The lowest BCUT2D eigenvalue weighted by Gasteiger charge is -2.17. The molecule has 15 heteroatoms. The molecule has 0 saturated heterocycles. The Bertz CT molecular complexity index is 1750. The molecule has 0 atom stereocenters. The van der Waals surface area contributed by atoms with Crippen LogP contribution in [0.5, 0.6) is 11.5 Å². The van der Waals surface area contributed by atoms with E-state index in [4.69, 9.17) is 20.5 Å². The molecule has 0 radical (unpaired) electrons. The second kappa shape index (κ2) is 15.2. The molecule has 2 heterocycles. The fraction of sp³-hybridized carbons (Fsp3) is 0.267. The molecular formula is C30H30F2N8O5. The number of fused-ring (bicyclic) bond motifs is 1. The van der Waals surface area contributed by atoms with E-state index in [0.29, 0.717) is 37.1 Å². The molecule has 0 spiro atoms. The number of halogens is 2. The molecule has 13 nitrogen and oxygen atoms in total. The van der Waals surface area contributed by atoms with Crippen molar-refractivity contribution < 1.29 is 32.6 Å². The van der Waals surface area contributed by atoms with Crippen LogP contribution in [0.4, 0.5) is 20.3 Å². The lowest BCUT2D eigenvalue weighted by atomic mass is 10.0. The SMILES string of the molecule is CCc1c(C(=O)NCCNC(=O)CCCN)ccc(Nc2nccn3c(-c4ccc(OCC#N)c(F)c4F)cnc23)c1OC=O. The van der Waals surface area contributed by atoms with Crippen molar-refractivity contribution in [3.8, 4) is 28.8 Å². The van der Waals surface area contributed by atoms with Gasteiger partial charge in [0, 0.05) is 48.6 Å². The highest BCUT2D eigenvalue weighted by Gasteiger charge is 2.22. The fourth-order valence-electron chi connectivity index (χ4n) is 4.58. The number of hydrogen-bond acceptors (Lipinski definition) is 10. The van der Waals surface area contributed by atoms with Gasteiger partial charge in [-0.3, -0.25) is 18.8 Å².